The Labute approximate surface area is 187 Å². The van der Waals surface area contributed by atoms with Gasteiger partial charge in [0, 0.05) is 48.6 Å². The van der Waals surface area contributed by atoms with Crippen molar-refractivity contribution in [2.75, 3.05) is 44.8 Å². The molecule has 5 nitrogen and oxygen atoms in total. The van der Waals surface area contributed by atoms with Crippen LogP contribution in [0, 0.1) is 0 Å². The summed E-state index contributed by atoms with van der Waals surface area (Å²) in [6.45, 7) is 5.26. The number of hydrogen-bond donors (Lipinski definition) is 1. The quantitative estimate of drug-likeness (QED) is 0.730. The lowest BCUT2D eigenvalue weighted by Crippen LogP contribution is -2.45. The molecule has 0 aliphatic carbocycles. The monoisotopic (exact) mass is 448 g/mol. The van der Waals surface area contributed by atoms with Crippen LogP contribution in [0.2, 0.25) is 10.0 Å². The van der Waals surface area contributed by atoms with Gasteiger partial charge in [-0.05, 0) is 48.2 Å². The number of anilines is 1. The van der Waals surface area contributed by atoms with E-state index in [-0.39, 0.29) is 5.91 Å². The molecule has 0 saturated carbocycles. The molecule has 160 valence electrons. The van der Waals surface area contributed by atoms with Crippen LogP contribution >= 0.6 is 23.2 Å². The summed E-state index contributed by atoms with van der Waals surface area (Å²) in [7, 11) is 0. The normalized spacial score (nSPS) is 19.4. The van der Waals surface area contributed by atoms with Crippen molar-refractivity contribution in [3.8, 4) is 0 Å². The molecule has 30 heavy (non-hydrogen) atoms. The molecule has 0 atom stereocenters. The van der Waals surface area contributed by atoms with Crippen LogP contribution in [0.3, 0.4) is 0 Å². The zero-order chi connectivity index (χ0) is 21.0. The summed E-state index contributed by atoms with van der Waals surface area (Å²) < 4.78 is 11.0. The van der Waals surface area contributed by atoms with Gasteiger partial charge in [0.25, 0.3) is 0 Å². The predicted molar refractivity (Wildman–Crippen MR) is 119 cm³/mol. The number of rotatable bonds is 5. The van der Waals surface area contributed by atoms with Crippen molar-refractivity contribution in [1.82, 2.24) is 4.90 Å². The second-order valence-electron chi connectivity index (χ2n) is 7.86. The van der Waals surface area contributed by atoms with Gasteiger partial charge in [0.05, 0.1) is 18.6 Å². The summed E-state index contributed by atoms with van der Waals surface area (Å²) >= 11 is 12.6. The van der Waals surface area contributed by atoms with Crippen molar-refractivity contribution in [3.05, 3.63) is 63.6 Å². The van der Waals surface area contributed by atoms with Crippen LogP contribution < -0.4 is 5.32 Å². The Morgan fingerprint density at radius 2 is 1.73 bits per heavy atom. The Morgan fingerprint density at radius 1 is 1.00 bits per heavy atom. The molecule has 2 aliphatic rings. The largest absolute Gasteiger partial charge is 0.381 e. The van der Waals surface area contributed by atoms with Gasteiger partial charge in [-0.15, -0.1) is 0 Å². The van der Waals surface area contributed by atoms with E-state index in [9.17, 15) is 4.79 Å². The highest BCUT2D eigenvalue weighted by Crippen LogP contribution is 2.40. The molecule has 2 aliphatic heterocycles. The van der Waals surface area contributed by atoms with E-state index in [2.05, 4.69) is 16.3 Å². The van der Waals surface area contributed by atoms with Gasteiger partial charge in [0.2, 0.25) is 5.91 Å². The molecule has 2 fully saturated rings. The average Bonchev–Trinajstić information content (AvgIpc) is 2.75. The zero-order valence-electron chi connectivity index (χ0n) is 16.8. The van der Waals surface area contributed by atoms with E-state index in [4.69, 9.17) is 32.7 Å². The van der Waals surface area contributed by atoms with Gasteiger partial charge >= 0.3 is 0 Å². The number of amides is 1. The Balaban J connectivity index is 1.55. The van der Waals surface area contributed by atoms with Crippen molar-refractivity contribution >= 4 is 34.8 Å². The van der Waals surface area contributed by atoms with Gasteiger partial charge in [-0.25, -0.2) is 0 Å². The average molecular weight is 449 g/mol. The lowest BCUT2D eigenvalue weighted by molar-refractivity contribution is -0.125. The number of hydrogen-bond acceptors (Lipinski definition) is 4. The van der Waals surface area contributed by atoms with Crippen LogP contribution in [0.1, 0.15) is 24.0 Å². The third kappa shape index (κ3) is 4.82. The van der Waals surface area contributed by atoms with Crippen LogP contribution in [-0.2, 0) is 26.2 Å². The predicted octanol–water partition coefficient (Wildman–Crippen LogP) is 4.51. The van der Waals surface area contributed by atoms with E-state index in [1.54, 1.807) is 12.1 Å². The maximum Gasteiger partial charge on any atom is 0.235 e. The lowest BCUT2D eigenvalue weighted by Gasteiger charge is -2.37. The highest BCUT2D eigenvalue weighted by atomic mass is 35.5. The molecular formula is C23H26Cl2N2O3. The number of ether oxygens (including phenoxy) is 2. The number of morpholine rings is 1. The van der Waals surface area contributed by atoms with Crippen molar-refractivity contribution in [1.29, 1.82) is 0 Å². The Morgan fingerprint density at radius 3 is 2.47 bits per heavy atom. The van der Waals surface area contributed by atoms with Crippen LogP contribution in [0.25, 0.3) is 0 Å². The molecule has 2 aromatic carbocycles. The molecule has 0 unspecified atom stereocenters. The molecule has 1 N–H and O–H groups in total. The van der Waals surface area contributed by atoms with E-state index in [0.717, 1.165) is 44.1 Å². The van der Waals surface area contributed by atoms with Gasteiger partial charge in [0.15, 0.2) is 0 Å². The minimum absolute atomic E-state index is 0.0569. The van der Waals surface area contributed by atoms with Crippen LogP contribution in [-0.4, -0.2) is 50.3 Å². The van der Waals surface area contributed by atoms with Crippen LogP contribution in [0.4, 0.5) is 5.69 Å². The van der Waals surface area contributed by atoms with E-state index >= 15 is 0 Å². The third-order valence-corrected chi connectivity index (χ3v) is 6.47. The first-order valence-electron chi connectivity index (χ1n) is 10.3. The molecule has 1 amide bonds. The molecular weight excluding hydrogens is 423 g/mol. The summed E-state index contributed by atoms with van der Waals surface area (Å²) in [5.74, 6) is -0.0569. The number of benzene rings is 2. The molecule has 0 bridgehead atoms. The topological polar surface area (TPSA) is 50.8 Å². The summed E-state index contributed by atoms with van der Waals surface area (Å²) in [6.07, 6.45) is 1.15. The number of carbonyl (C=O) groups is 1. The van der Waals surface area contributed by atoms with Gasteiger partial charge in [0.1, 0.15) is 0 Å². The second kappa shape index (κ2) is 9.67. The highest BCUT2D eigenvalue weighted by Gasteiger charge is 2.43. The van der Waals surface area contributed by atoms with Crippen LogP contribution in [0.5, 0.6) is 0 Å². The number of nitrogens with one attached hydrogen (secondary N) is 1. The smallest absolute Gasteiger partial charge is 0.235 e. The first-order valence-corrected chi connectivity index (χ1v) is 11.1. The van der Waals surface area contributed by atoms with E-state index in [1.165, 1.54) is 5.56 Å². The molecule has 2 heterocycles. The van der Waals surface area contributed by atoms with Gasteiger partial charge in [-0.1, -0.05) is 41.4 Å². The fourth-order valence-electron chi connectivity index (χ4n) is 4.23. The maximum atomic E-state index is 13.5. The SMILES string of the molecule is O=C(Nc1cccc(CN2CCOCC2)c1)C1(c2ccc(Cl)cc2Cl)CCOCC1. The minimum atomic E-state index is -0.736. The highest BCUT2D eigenvalue weighted by molar-refractivity contribution is 6.35. The van der Waals surface area contributed by atoms with Gasteiger partial charge in [-0.2, -0.15) is 0 Å². The fraction of sp³-hybridized carbons (Fsp3) is 0.435. The van der Waals surface area contributed by atoms with Crippen molar-refractivity contribution in [2.24, 2.45) is 0 Å². The molecule has 4 rings (SSSR count). The zero-order valence-corrected chi connectivity index (χ0v) is 18.3. The Kier molecular flexibility index (Phi) is 6.96. The van der Waals surface area contributed by atoms with Gasteiger partial charge in [-0.3, -0.25) is 9.69 Å². The minimum Gasteiger partial charge on any atom is -0.381 e. The van der Waals surface area contributed by atoms with E-state index < -0.39 is 5.41 Å². The lowest BCUT2D eigenvalue weighted by atomic mass is 9.73. The summed E-state index contributed by atoms with van der Waals surface area (Å²) in [5, 5.41) is 4.21. The number of halogens is 2. The van der Waals surface area contributed by atoms with E-state index in [1.807, 2.05) is 24.3 Å². The maximum absolute atomic E-state index is 13.5. The van der Waals surface area contributed by atoms with Crippen molar-refractivity contribution in [2.45, 2.75) is 24.8 Å². The van der Waals surface area contributed by atoms with E-state index in [0.29, 0.717) is 36.1 Å². The van der Waals surface area contributed by atoms with Crippen LogP contribution in [0.15, 0.2) is 42.5 Å². The molecule has 7 heteroatoms. The fourth-order valence-corrected chi connectivity index (χ4v) is 4.82. The van der Waals surface area contributed by atoms with Crippen molar-refractivity contribution in [3.63, 3.8) is 0 Å². The number of carbonyl (C=O) groups excluding carboxylic acids is 1. The molecule has 2 saturated heterocycles. The molecule has 0 radical (unpaired) electrons. The van der Waals surface area contributed by atoms with Crippen molar-refractivity contribution < 1.29 is 14.3 Å². The standard InChI is InChI=1S/C23H26Cl2N2O3/c24-18-4-5-20(21(25)15-18)23(6-10-29-11-7-23)22(28)26-19-3-1-2-17(14-19)16-27-8-12-30-13-9-27/h1-5,14-15H,6-13,16H2,(H,26,28). The molecule has 2 aromatic rings. The Hall–Kier alpha value is -1.63. The first kappa shape index (κ1) is 21.6. The summed E-state index contributed by atoms with van der Waals surface area (Å²) in [4.78, 5) is 15.9. The second-order valence-corrected chi connectivity index (χ2v) is 8.71. The molecule has 0 aromatic heterocycles. The first-order chi connectivity index (χ1) is 14.6. The summed E-state index contributed by atoms with van der Waals surface area (Å²) in [5.41, 5.74) is 2.03. The molecule has 0 spiro atoms. The third-order valence-electron chi connectivity index (χ3n) is 5.92. The number of nitrogens with zero attached hydrogens (tertiary/aromatic N) is 1. The Bertz CT molecular complexity index is 894. The van der Waals surface area contributed by atoms with Gasteiger partial charge < -0.3 is 14.8 Å². The summed E-state index contributed by atoms with van der Waals surface area (Å²) in [6, 6.07) is 13.4.